The number of anilines is 1. The number of carbonyl (C=O) groups excluding carboxylic acids is 1. The smallest absolute Gasteiger partial charge is 0.270 e. The molecule has 1 aliphatic heterocycles. The normalized spacial score (nSPS) is 16.8. The maximum absolute atomic E-state index is 13.4. The van der Waals surface area contributed by atoms with Gasteiger partial charge in [0.25, 0.3) is 5.91 Å². The standard InChI is InChI=1S/C19H18N4OS2/c1-12-10-23(14-6-3-4-7-15(14)25-11-12)19(24)16-13(2)22-18(26-16)17-20-8-5-9-21-17/h3-9,12H,10-11H2,1-2H3/t12-/m1/s1. The van der Waals surface area contributed by atoms with Crippen LogP contribution in [-0.4, -0.2) is 33.2 Å². The number of carbonyl (C=O) groups is 1. The van der Waals surface area contributed by atoms with Gasteiger partial charge in [-0.25, -0.2) is 15.0 Å². The van der Waals surface area contributed by atoms with Crippen LogP contribution in [0.25, 0.3) is 10.8 Å². The van der Waals surface area contributed by atoms with Crippen molar-refractivity contribution >= 4 is 34.7 Å². The van der Waals surface area contributed by atoms with Crippen molar-refractivity contribution in [2.45, 2.75) is 18.7 Å². The highest BCUT2D eigenvalue weighted by molar-refractivity contribution is 7.99. The lowest BCUT2D eigenvalue weighted by Gasteiger charge is -2.23. The zero-order valence-corrected chi connectivity index (χ0v) is 16.2. The van der Waals surface area contributed by atoms with Crippen LogP contribution in [0.3, 0.4) is 0 Å². The van der Waals surface area contributed by atoms with Crippen LogP contribution in [-0.2, 0) is 0 Å². The van der Waals surface area contributed by atoms with Crippen LogP contribution in [0, 0.1) is 12.8 Å². The molecule has 3 aromatic rings. The Balaban J connectivity index is 1.73. The van der Waals surface area contributed by atoms with Crippen molar-refractivity contribution in [1.29, 1.82) is 0 Å². The molecule has 1 atom stereocenters. The summed E-state index contributed by atoms with van der Waals surface area (Å²) in [6, 6.07) is 9.88. The maximum atomic E-state index is 13.4. The Morgan fingerprint density at radius 1 is 1.19 bits per heavy atom. The van der Waals surface area contributed by atoms with E-state index in [4.69, 9.17) is 0 Å². The molecular formula is C19H18N4OS2. The van der Waals surface area contributed by atoms with Crippen molar-refractivity contribution in [1.82, 2.24) is 15.0 Å². The average molecular weight is 383 g/mol. The van der Waals surface area contributed by atoms with Gasteiger partial charge in [0.15, 0.2) is 10.8 Å². The summed E-state index contributed by atoms with van der Waals surface area (Å²) in [7, 11) is 0. The number of benzene rings is 1. The van der Waals surface area contributed by atoms with E-state index in [0.29, 0.717) is 28.2 Å². The third-order valence-corrected chi connectivity index (χ3v) is 6.70. The van der Waals surface area contributed by atoms with E-state index in [-0.39, 0.29) is 5.91 Å². The van der Waals surface area contributed by atoms with E-state index in [9.17, 15) is 4.79 Å². The minimum Gasteiger partial charge on any atom is -0.306 e. The highest BCUT2D eigenvalue weighted by Crippen LogP contribution is 2.37. The lowest BCUT2D eigenvalue weighted by molar-refractivity contribution is 0.0987. The van der Waals surface area contributed by atoms with Gasteiger partial charge in [-0.15, -0.1) is 23.1 Å². The summed E-state index contributed by atoms with van der Waals surface area (Å²) in [5.74, 6) is 1.98. The van der Waals surface area contributed by atoms with Gasteiger partial charge in [0.2, 0.25) is 0 Å². The number of amides is 1. The molecule has 0 saturated carbocycles. The number of nitrogens with zero attached hydrogens (tertiary/aromatic N) is 4. The molecule has 5 nitrogen and oxygen atoms in total. The first-order chi connectivity index (χ1) is 12.6. The van der Waals surface area contributed by atoms with E-state index >= 15 is 0 Å². The number of hydrogen-bond donors (Lipinski definition) is 0. The van der Waals surface area contributed by atoms with Gasteiger partial charge in [0.1, 0.15) is 4.88 Å². The minimum atomic E-state index is 0.00369. The quantitative estimate of drug-likeness (QED) is 0.661. The number of aryl methyl sites for hydroxylation is 1. The number of para-hydroxylation sites is 1. The summed E-state index contributed by atoms with van der Waals surface area (Å²) in [6.07, 6.45) is 3.37. The van der Waals surface area contributed by atoms with Crippen molar-refractivity contribution in [2.75, 3.05) is 17.2 Å². The van der Waals surface area contributed by atoms with E-state index in [2.05, 4.69) is 27.9 Å². The molecule has 0 saturated heterocycles. The topological polar surface area (TPSA) is 59.0 Å². The number of thioether (sulfide) groups is 1. The van der Waals surface area contributed by atoms with E-state index in [1.54, 1.807) is 18.5 Å². The summed E-state index contributed by atoms with van der Waals surface area (Å²) >= 11 is 3.18. The van der Waals surface area contributed by atoms with E-state index in [0.717, 1.165) is 22.0 Å². The van der Waals surface area contributed by atoms with Crippen molar-refractivity contribution in [3.8, 4) is 10.8 Å². The number of fused-ring (bicyclic) bond motifs is 1. The zero-order valence-electron chi connectivity index (χ0n) is 14.5. The van der Waals surface area contributed by atoms with Crippen LogP contribution in [0.4, 0.5) is 5.69 Å². The van der Waals surface area contributed by atoms with E-state index in [1.165, 1.54) is 11.3 Å². The Bertz CT molecular complexity index is 942. The Morgan fingerprint density at radius 3 is 2.77 bits per heavy atom. The van der Waals surface area contributed by atoms with Crippen LogP contribution >= 0.6 is 23.1 Å². The Kier molecular flexibility index (Phi) is 4.74. The molecule has 3 heterocycles. The van der Waals surface area contributed by atoms with Crippen molar-refractivity contribution < 1.29 is 4.79 Å². The first-order valence-electron chi connectivity index (χ1n) is 8.42. The molecule has 2 aromatic heterocycles. The van der Waals surface area contributed by atoms with Crippen LogP contribution < -0.4 is 4.90 Å². The summed E-state index contributed by atoms with van der Waals surface area (Å²) in [5.41, 5.74) is 1.71. The number of aromatic nitrogens is 3. The molecule has 0 aliphatic carbocycles. The highest BCUT2D eigenvalue weighted by Gasteiger charge is 2.28. The van der Waals surface area contributed by atoms with Gasteiger partial charge < -0.3 is 4.90 Å². The van der Waals surface area contributed by atoms with Gasteiger partial charge in [0, 0.05) is 29.6 Å². The SMILES string of the molecule is Cc1nc(-c2ncccn2)sc1C(=O)N1C[C@@H](C)CSc2ccccc21. The van der Waals surface area contributed by atoms with Crippen LogP contribution in [0.5, 0.6) is 0 Å². The van der Waals surface area contributed by atoms with Gasteiger partial charge in [-0.1, -0.05) is 19.1 Å². The van der Waals surface area contributed by atoms with Gasteiger partial charge >= 0.3 is 0 Å². The lowest BCUT2D eigenvalue weighted by atomic mass is 10.1. The molecule has 26 heavy (non-hydrogen) atoms. The second-order valence-corrected chi connectivity index (χ2v) is 8.37. The Morgan fingerprint density at radius 2 is 1.96 bits per heavy atom. The maximum Gasteiger partial charge on any atom is 0.270 e. The monoisotopic (exact) mass is 382 g/mol. The Hall–Kier alpha value is -2.25. The number of thiazole rings is 1. The fraction of sp³-hybridized carbons (Fsp3) is 0.263. The fourth-order valence-corrected chi connectivity index (χ4v) is 4.95. The minimum absolute atomic E-state index is 0.00369. The molecule has 1 amide bonds. The molecule has 0 radical (unpaired) electrons. The first kappa shape index (κ1) is 17.2. The largest absolute Gasteiger partial charge is 0.306 e. The van der Waals surface area contributed by atoms with Gasteiger partial charge in [-0.3, -0.25) is 4.79 Å². The van der Waals surface area contributed by atoms with Crippen molar-refractivity contribution in [2.24, 2.45) is 5.92 Å². The summed E-state index contributed by atoms with van der Waals surface area (Å²) in [4.78, 5) is 30.1. The zero-order chi connectivity index (χ0) is 18.1. The second-order valence-electron chi connectivity index (χ2n) is 6.31. The molecule has 1 aromatic carbocycles. The molecule has 0 fully saturated rings. The molecule has 0 N–H and O–H groups in total. The predicted octanol–water partition coefficient (Wildman–Crippen LogP) is 4.30. The molecule has 1 aliphatic rings. The molecule has 132 valence electrons. The lowest BCUT2D eigenvalue weighted by Crippen LogP contribution is -2.34. The summed E-state index contributed by atoms with van der Waals surface area (Å²) < 4.78 is 0. The molecular weight excluding hydrogens is 364 g/mol. The van der Waals surface area contributed by atoms with Crippen LogP contribution in [0.2, 0.25) is 0 Å². The van der Waals surface area contributed by atoms with Crippen LogP contribution in [0.15, 0.2) is 47.6 Å². The molecule has 7 heteroatoms. The summed E-state index contributed by atoms with van der Waals surface area (Å²) in [5, 5.41) is 0.678. The Labute approximate surface area is 160 Å². The first-order valence-corrected chi connectivity index (χ1v) is 10.2. The van der Waals surface area contributed by atoms with E-state index < -0.39 is 0 Å². The third-order valence-electron chi connectivity index (χ3n) is 4.17. The highest BCUT2D eigenvalue weighted by atomic mass is 32.2. The van der Waals surface area contributed by atoms with Gasteiger partial charge in [-0.05, 0) is 31.0 Å². The van der Waals surface area contributed by atoms with Crippen molar-refractivity contribution in [3.05, 3.63) is 53.3 Å². The van der Waals surface area contributed by atoms with Crippen molar-refractivity contribution in [3.63, 3.8) is 0 Å². The van der Waals surface area contributed by atoms with Gasteiger partial charge in [0.05, 0.1) is 11.4 Å². The van der Waals surface area contributed by atoms with Crippen LogP contribution in [0.1, 0.15) is 22.3 Å². The van der Waals surface area contributed by atoms with E-state index in [1.807, 2.05) is 41.8 Å². The summed E-state index contributed by atoms with van der Waals surface area (Å²) in [6.45, 7) is 4.76. The fourth-order valence-electron chi connectivity index (χ4n) is 2.91. The molecule has 0 spiro atoms. The molecule has 0 unspecified atom stereocenters. The number of rotatable bonds is 2. The third kappa shape index (κ3) is 3.24. The molecule has 0 bridgehead atoms. The second kappa shape index (κ2) is 7.17. The average Bonchev–Trinajstić information content (AvgIpc) is 2.98. The predicted molar refractivity (Wildman–Crippen MR) is 106 cm³/mol. The van der Waals surface area contributed by atoms with Gasteiger partial charge in [-0.2, -0.15) is 0 Å². The number of hydrogen-bond acceptors (Lipinski definition) is 6. The molecule has 4 rings (SSSR count).